The van der Waals surface area contributed by atoms with E-state index in [-0.39, 0.29) is 11.4 Å². The first-order valence-corrected chi connectivity index (χ1v) is 4.56. The molecule has 0 aliphatic rings. The highest BCUT2D eigenvalue weighted by Gasteiger charge is 2.12. The van der Waals surface area contributed by atoms with E-state index in [0.29, 0.717) is 5.75 Å². The summed E-state index contributed by atoms with van der Waals surface area (Å²) in [4.78, 5) is 0. The van der Waals surface area contributed by atoms with Gasteiger partial charge in [0.05, 0.1) is 0 Å². The van der Waals surface area contributed by atoms with E-state index in [1.807, 2.05) is 24.3 Å². The van der Waals surface area contributed by atoms with Crippen LogP contribution in [0.15, 0.2) is 36.8 Å². The Morgan fingerprint density at radius 3 is 2.07 bits per heavy atom. The minimum Gasteiger partial charge on any atom is -0.481 e. The summed E-state index contributed by atoms with van der Waals surface area (Å²) in [5.74, 6) is 0.319. The fraction of sp³-hybridized carbons (Fsp3) is 0.333. The Labute approximate surface area is 84.8 Å². The molecule has 0 unspecified atom stereocenters. The zero-order valence-corrected chi connectivity index (χ0v) is 8.87. The molecule has 0 bridgehead atoms. The van der Waals surface area contributed by atoms with E-state index in [1.165, 1.54) is 5.56 Å². The van der Waals surface area contributed by atoms with Gasteiger partial charge in [0.25, 0.3) is 5.95 Å². The van der Waals surface area contributed by atoms with E-state index in [1.54, 1.807) is 0 Å². The Bertz CT molecular complexity index is 317. The molecule has 14 heavy (non-hydrogen) atoms. The highest BCUT2D eigenvalue weighted by atomic mass is 16.6. The number of hydrogen-bond acceptors (Lipinski definition) is 2. The monoisotopic (exact) mass is 192 g/mol. The number of aliphatic hydroxyl groups excluding tert-OH is 1. The smallest absolute Gasteiger partial charge is 0.274 e. The lowest BCUT2D eigenvalue weighted by Crippen LogP contribution is -2.10. The molecule has 1 aromatic rings. The lowest BCUT2D eigenvalue weighted by atomic mass is 9.87. The maximum atomic E-state index is 8.82. The Balaban J connectivity index is 2.84. The molecular weight excluding hydrogens is 176 g/mol. The minimum atomic E-state index is -0.284. The summed E-state index contributed by atoms with van der Waals surface area (Å²) in [5, 5.41) is 8.82. The van der Waals surface area contributed by atoms with Gasteiger partial charge in [-0.25, -0.2) is 0 Å². The average Bonchev–Trinajstić information content (AvgIpc) is 2.02. The van der Waals surface area contributed by atoms with Crippen LogP contribution in [0, 0.1) is 0 Å². The molecule has 0 radical (unpaired) electrons. The van der Waals surface area contributed by atoms with Crippen LogP contribution in [0.2, 0.25) is 0 Å². The first-order chi connectivity index (χ1) is 6.39. The molecule has 0 spiro atoms. The molecule has 0 heterocycles. The quantitative estimate of drug-likeness (QED) is 0.728. The van der Waals surface area contributed by atoms with Gasteiger partial charge in [0, 0.05) is 0 Å². The van der Waals surface area contributed by atoms with Crippen molar-refractivity contribution in [3.05, 3.63) is 42.4 Å². The van der Waals surface area contributed by atoms with Crippen molar-refractivity contribution in [3.63, 3.8) is 0 Å². The van der Waals surface area contributed by atoms with Gasteiger partial charge in [-0.3, -0.25) is 0 Å². The van der Waals surface area contributed by atoms with Crippen molar-refractivity contribution in [2.75, 3.05) is 0 Å². The second kappa shape index (κ2) is 3.74. The van der Waals surface area contributed by atoms with E-state index < -0.39 is 0 Å². The molecule has 0 atom stereocenters. The van der Waals surface area contributed by atoms with Crippen molar-refractivity contribution >= 4 is 0 Å². The molecule has 0 fully saturated rings. The van der Waals surface area contributed by atoms with Gasteiger partial charge < -0.3 is 9.84 Å². The molecule has 0 aromatic heterocycles. The van der Waals surface area contributed by atoms with Gasteiger partial charge in [-0.2, -0.15) is 0 Å². The van der Waals surface area contributed by atoms with Crippen molar-refractivity contribution in [1.82, 2.24) is 0 Å². The summed E-state index contributed by atoms with van der Waals surface area (Å²) < 4.78 is 4.94. The van der Waals surface area contributed by atoms with Gasteiger partial charge in [0.1, 0.15) is 5.75 Å². The van der Waals surface area contributed by atoms with Crippen LogP contribution in [0.5, 0.6) is 5.75 Å². The van der Waals surface area contributed by atoms with Crippen LogP contribution in [0.1, 0.15) is 26.3 Å². The number of hydrogen-bond donors (Lipinski definition) is 1. The maximum Gasteiger partial charge on any atom is 0.274 e. The summed E-state index contributed by atoms with van der Waals surface area (Å²) in [7, 11) is 0. The van der Waals surface area contributed by atoms with Gasteiger partial charge in [-0.1, -0.05) is 32.9 Å². The maximum absolute atomic E-state index is 8.82. The number of benzene rings is 1. The molecule has 0 saturated heterocycles. The lowest BCUT2D eigenvalue weighted by molar-refractivity contribution is 0.211. The van der Waals surface area contributed by atoms with E-state index in [9.17, 15) is 0 Å². The second-order valence-corrected chi connectivity index (χ2v) is 4.27. The molecule has 1 rings (SSSR count). The zero-order valence-electron chi connectivity index (χ0n) is 8.87. The molecule has 1 aromatic carbocycles. The Morgan fingerprint density at radius 2 is 1.71 bits per heavy atom. The van der Waals surface area contributed by atoms with Crippen molar-refractivity contribution in [3.8, 4) is 5.75 Å². The van der Waals surface area contributed by atoms with Crippen LogP contribution in [0.25, 0.3) is 0 Å². The van der Waals surface area contributed by atoms with Crippen molar-refractivity contribution in [1.29, 1.82) is 0 Å². The number of rotatable bonds is 2. The van der Waals surface area contributed by atoms with Crippen LogP contribution in [0.3, 0.4) is 0 Å². The molecule has 2 nitrogen and oxygen atoms in total. The first kappa shape index (κ1) is 10.6. The number of aliphatic hydroxyl groups is 1. The summed E-state index contributed by atoms with van der Waals surface area (Å²) >= 11 is 0. The predicted octanol–water partition coefficient (Wildman–Crippen LogP) is 3.39. The summed E-state index contributed by atoms with van der Waals surface area (Å²) in [6.45, 7) is 9.69. The lowest BCUT2D eigenvalue weighted by Gasteiger charge is -2.18. The summed E-state index contributed by atoms with van der Waals surface area (Å²) in [5.41, 5.74) is 1.36. The predicted molar refractivity (Wildman–Crippen MR) is 57.5 cm³/mol. The van der Waals surface area contributed by atoms with Crippen LogP contribution < -0.4 is 4.74 Å². The summed E-state index contributed by atoms with van der Waals surface area (Å²) in [6.07, 6.45) is 0. The van der Waals surface area contributed by atoms with Gasteiger partial charge in [-0.15, -0.1) is 0 Å². The number of ether oxygens (including phenoxy) is 1. The van der Waals surface area contributed by atoms with Crippen LogP contribution in [-0.4, -0.2) is 5.11 Å². The third kappa shape index (κ3) is 2.80. The highest BCUT2D eigenvalue weighted by molar-refractivity contribution is 5.31. The van der Waals surface area contributed by atoms with Crippen LogP contribution >= 0.6 is 0 Å². The van der Waals surface area contributed by atoms with Crippen LogP contribution in [0.4, 0.5) is 0 Å². The molecule has 0 saturated carbocycles. The fourth-order valence-electron chi connectivity index (χ4n) is 1.16. The zero-order chi connectivity index (χ0) is 10.8. The molecular formula is C12H16O2. The summed E-state index contributed by atoms with van der Waals surface area (Å²) in [6, 6.07) is 7.61. The molecule has 76 valence electrons. The van der Waals surface area contributed by atoms with Gasteiger partial charge in [0.2, 0.25) is 0 Å². The highest BCUT2D eigenvalue weighted by Crippen LogP contribution is 2.24. The Morgan fingerprint density at radius 1 is 1.21 bits per heavy atom. The Hall–Kier alpha value is -1.44. The SMILES string of the molecule is C=C(O)Oc1ccc(C(C)(C)C)cc1. The van der Waals surface area contributed by atoms with Crippen LogP contribution in [-0.2, 0) is 5.41 Å². The third-order valence-electron chi connectivity index (χ3n) is 1.96. The molecule has 1 N–H and O–H groups in total. The van der Waals surface area contributed by atoms with Gasteiger partial charge in [0.15, 0.2) is 0 Å². The largest absolute Gasteiger partial charge is 0.481 e. The second-order valence-electron chi connectivity index (χ2n) is 4.27. The van der Waals surface area contributed by atoms with E-state index in [4.69, 9.17) is 9.84 Å². The standard InChI is InChI=1S/C12H16O2/c1-9(13)14-11-7-5-10(6-8-11)12(2,3)4/h5-8,13H,1H2,2-4H3. The van der Waals surface area contributed by atoms with E-state index >= 15 is 0 Å². The van der Waals surface area contributed by atoms with E-state index in [2.05, 4.69) is 27.4 Å². The van der Waals surface area contributed by atoms with Crippen molar-refractivity contribution in [2.45, 2.75) is 26.2 Å². The first-order valence-electron chi connectivity index (χ1n) is 4.56. The van der Waals surface area contributed by atoms with Crippen molar-refractivity contribution in [2.24, 2.45) is 0 Å². The molecule has 0 aliphatic carbocycles. The van der Waals surface area contributed by atoms with Crippen molar-refractivity contribution < 1.29 is 9.84 Å². The minimum absolute atomic E-state index is 0.134. The normalized spacial score (nSPS) is 11.1. The molecule has 0 aliphatic heterocycles. The van der Waals surface area contributed by atoms with Gasteiger partial charge in [-0.05, 0) is 29.7 Å². The molecule has 0 amide bonds. The third-order valence-corrected chi connectivity index (χ3v) is 1.96. The van der Waals surface area contributed by atoms with Gasteiger partial charge >= 0.3 is 0 Å². The average molecular weight is 192 g/mol. The molecule has 2 heteroatoms. The van der Waals surface area contributed by atoms with E-state index in [0.717, 1.165) is 0 Å². The topological polar surface area (TPSA) is 29.5 Å². The fourth-order valence-corrected chi connectivity index (χ4v) is 1.16. The Kier molecular flexibility index (Phi) is 2.84.